The van der Waals surface area contributed by atoms with Crippen LogP contribution in [0.15, 0.2) is 211 Å². The number of rotatable bonds is 11. The van der Waals surface area contributed by atoms with E-state index in [-0.39, 0.29) is 6.17 Å². The second-order valence-electron chi connectivity index (χ2n) is 13.8. The molecule has 4 nitrogen and oxygen atoms in total. The van der Waals surface area contributed by atoms with Crippen LogP contribution in [0.3, 0.4) is 0 Å². The van der Waals surface area contributed by atoms with Gasteiger partial charge in [0.1, 0.15) is 6.17 Å². The molecule has 2 N–H and O–H groups in total. The predicted molar refractivity (Wildman–Crippen MR) is 231 cm³/mol. The van der Waals surface area contributed by atoms with Crippen molar-refractivity contribution in [3.8, 4) is 27.9 Å². The average Bonchev–Trinajstić information content (AvgIpc) is 3.58. The summed E-state index contributed by atoms with van der Waals surface area (Å²) in [5.74, 6) is 0. The molecule has 4 heteroatoms. The molecule has 0 saturated heterocycles. The smallest absolute Gasteiger partial charge is 0.125 e. The summed E-state index contributed by atoms with van der Waals surface area (Å²) in [7, 11) is 0. The van der Waals surface area contributed by atoms with E-state index in [1.54, 1.807) is 0 Å². The van der Waals surface area contributed by atoms with Crippen LogP contribution in [0.2, 0.25) is 0 Å². The van der Waals surface area contributed by atoms with Gasteiger partial charge in [0.05, 0.1) is 11.0 Å². The number of hydrogen-bond donors (Lipinski definition) is 2. The minimum absolute atomic E-state index is 0.243. The van der Waals surface area contributed by atoms with Gasteiger partial charge in [0.25, 0.3) is 0 Å². The highest BCUT2D eigenvalue weighted by atomic mass is 15.1. The van der Waals surface area contributed by atoms with Gasteiger partial charge < -0.3 is 9.88 Å². The van der Waals surface area contributed by atoms with E-state index in [0.717, 1.165) is 44.8 Å². The summed E-state index contributed by atoms with van der Waals surface area (Å²) in [6, 6.07) is 72.7. The van der Waals surface area contributed by atoms with Crippen LogP contribution in [0.1, 0.15) is 22.9 Å². The molecule has 0 aliphatic heterocycles. The first-order valence-corrected chi connectivity index (χ1v) is 18.8. The third-order valence-corrected chi connectivity index (χ3v) is 10.1. The maximum Gasteiger partial charge on any atom is 0.125 e. The van der Waals surface area contributed by atoms with Gasteiger partial charge in [0, 0.05) is 46.2 Å². The number of nitrogens with one attached hydrogen (secondary N) is 2. The van der Waals surface area contributed by atoms with E-state index in [4.69, 9.17) is 4.99 Å². The molecule has 55 heavy (non-hydrogen) atoms. The molecular weight excluding hydrogens is 669 g/mol. The number of fused-ring (bicyclic) bond motifs is 3. The maximum absolute atomic E-state index is 5.12. The van der Waals surface area contributed by atoms with E-state index in [0.29, 0.717) is 6.54 Å². The Labute approximate surface area is 322 Å². The molecule has 9 aromatic rings. The van der Waals surface area contributed by atoms with Gasteiger partial charge in [-0.25, -0.2) is 0 Å². The molecule has 0 aliphatic carbocycles. The molecule has 0 bridgehead atoms. The van der Waals surface area contributed by atoms with E-state index in [2.05, 4.69) is 209 Å². The first-order valence-electron chi connectivity index (χ1n) is 18.8. The molecule has 9 rings (SSSR count). The van der Waals surface area contributed by atoms with Crippen molar-refractivity contribution >= 4 is 39.4 Å². The van der Waals surface area contributed by atoms with Gasteiger partial charge in [0.2, 0.25) is 0 Å². The zero-order valence-electron chi connectivity index (χ0n) is 30.4. The lowest BCUT2D eigenvalue weighted by Gasteiger charge is -2.18. The van der Waals surface area contributed by atoms with Crippen molar-refractivity contribution in [2.75, 3.05) is 5.32 Å². The number of para-hydroxylation sites is 2. The van der Waals surface area contributed by atoms with Gasteiger partial charge in [-0.3, -0.25) is 10.3 Å². The molecular formula is C51H40N4. The highest BCUT2D eigenvalue weighted by Gasteiger charge is 2.17. The van der Waals surface area contributed by atoms with Gasteiger partial charge in [-0.15, -0.1) is 0 Å². The number of aliphatic imine (C=N–C) groups is 1. The highest BCUT2D eigenvalue weighted by molar-refractivity contribution is 6.12. The van der Waals surface area contributed by atoms with Crippen molar-refractivity contribution < 1.29 is 0 Å². The Balaban J connectivity index is 1.07. The van der Waals surface area contributed by atoms with Gasteiger partial charge in [0.15, 0.2) is 0 Å². The topological polar surface area (TPSA) is 41.4 Å². The number of hydrogen-bond acceptors (Lipinski definition) is 3. The van der Waals surface area contributed by atoms with Crippen molar-refractivity contribution in [3.63, 3.8) is 0 Å². The predicted octanol–water partition coefficient (Wildman–Crippen LogP) is 12.8. The molecule has 0 aliphatic rings. The van der Waals surface area contributed by atoms with Crippen molar-refractivity contribution in [1.82, 2.24) is 9.88 Å². The number of nitrogens with zero attached hydrogens (tertiary/aromatic N) is 2. The van der Waals surface area contributed by atoms with Crippen molar-refractivity contribution in [2.45, 2.75) is 12.7 Å². The molecule has 0 fully saturated rings. The third-order valence-electron chi connectivity index (χ3n) is 10.1. The van der Waals surface area contributed by atoms with E-state index in [1.165, 1.54) is 33.0 Å². The van der Waals surface area contributed by atoms with Crippen LogP contribution < -0.4 is 10.6 Å². The Hall–Kier alpha value is -7.01. The zero-order valence-corrected chi connectivity index (χ0v) is 30.4. The van der Waals surface area contributed by atoms with Crippen LogP contribution in [0.25, 0.3) is 49.7 Å². The standard InChI is InChI=1S/C51H40N4/c1-5-16-37(17-6-1)35-52-51(53-36-38-18-15-23-42(32-38)39-19-7-2-8-20-39)41-28-30-43(31-29-41)54-48-34-50-47(33-46(48)40-21-9-3-10-22-40)45-26-13-14-27-49(45)55(50)44-24-11-4-12-25-44/h1-34,36,51-52,54H,35H2. The summed E-state index contributed by atoms with van der Waals surface area (Å²) in [4.78, 5) is 5.12. The summed E-state index contributed by atoms with van der Waals surface area (Å²) in [5.41, 5.74) is 13.6. The molecule has 1 heterocycles. The monoisotopic (exact) mass is 708 g/mol. The minimum Gasteiger partial charge on any atom is -0.355 e. The number of aromatic nitrogens is 1. The zero-order chi connectivity index (χ0) is 36.8. The van der Waals surface area contributed by atoms with Crippen LogP contribution in [0.5, 0.6) is 0 Å². The molecule has 0 saturated carbocycles. The number of benzene rings is 8. The van der Waals surface area contributed by atoms with Crippen LogP contribution in [-0.4, -0.2) is 10.8 Å². The van der Waals surface area contributed by atoms with E-state index >= 15 is 0 Å². The molecule has 1 aromatic heterocycles. The first-order chi connectivity index (χ1) is 27.3. The summed E-state index contributed by atoms with van der Waals surface area (Å²) in [6.07, 6.45) is 1.74. The van der Waals surface area contributed by atoms with Crippen molar-refractivity contribution in [3.05, 3.63) is 223 Å². The summed E-state index contributed by atoms with van der Waals surface area (Å²) >= 11 is 0. The van der Waals surface area contributed by atoms with Crippen LogP contribution in [0.4, 0.5) is 11.4 Å². The van der Waals surface area contributed by atoms with Crippen LogP contribution in [-0.2, 0) is 6.54 Å². The highest BCUT2D eigenvalue weighted by Crippen LogP contribution is 2.40. The summed E-state index contributed by atoms with van der Waals surface area (Å²) < 4.78 is 2.37. The summed E-state index contributed by atoms with van der Waals surface area (Å²) in [6.45, 7) is 0.697. The Morgan fingerprint density at radius 3 is 1.89 bits per heavy atom. The Morgan fingerprint density at radius 2 is 1.15 bits per heavy atom. The quantitative estimate of drug-likeness (QED) is 0.131. The van der Waals surface area contributed by atoms with Crippen molar-refractivity contribution in [1.29, 1.82) is 0 Å². The van der Waals surface area contributed by atoms with Crippen LogP contribution >= 0.6 is 0 Å². The molecule has 1 atom stereocenters. The molecule has 0 amide bonds. The van der Waals surface area contributed by atoms with E-state index < -0.39 is 0 Å². The fourth-order valence-electron chi connectivity index (χ4n) is 7.39. The van der Waals surface area contributed by atoms with Gasteiger partial charge >= 0.3 is 0 Å². The lowest BCUT2D eigenvalue weighted by molar-refractivity contribution is 0.556. The van der Waals surface area contributed by atoms with Gasteiger partial charge in [-0.2, -0.15) is 0 Å². The largest absolute Gasteiger partial charge is 0.355 e. The Bertz CT molecular complexity index is 2700. The van der Waals surface area contributed by atoms with Gasteiger partial charge in [-0.05, 0) is 81.9 Å². The Morgan fingerprint density at radius 1 is 0.509 bits per heavy atom. The molecule has 1 unspecified atom stereocenters. The molecule has 0 spiro atoms. The fourth-order valence-corrected chi connectivity index (χ4v) is 7.39. The summed E-state index contributed by atoms with van der Waals surface area (Å²) in [5, 5.41) is 9.97. The maximum atomic E-state index is 5.12. The number of anilines is 2. The first kappa shape index (κ1) is 33.8. The Kier molecular flexibility index (Phi) is 9.55. The van der Waals surface area contributed by atoms with E-state index in [1.807, 2.05) is 18.3 Å². The van der Waals surface area contributed by atoms with E-state index in [9.17, 15) is 0 Å². The SMILES string of the molecule is C(=NC(NCc1ccccc1)c1ccc(Nc2cc3c(cc2-c2ccccc2)c2ccccc2n3-c2ccccc2)cc1)c1cccc(-c2ccccc2)c1. The average molecular weight is 709 g/mol. The van der Waals surface area contributed by atoms with Crippen LogP contribution in [0, 0.1) is 0 Å². The molecule has 264 valence electrons. The second-order valence-corrected chi connectivity index (χ2v) is 13.8. The fraction of sp³-hybridized carbons (Fsp3) is 0.0392. The molecule has 0 radical (unpaired) electrons. The lowest BCUT2D eigenvalue weighted by Crippen LogP contribution is -2.19. The minimum atomic E-state index is -0.243. The normalized spacial score (nSPS) is 12.0. The lowest BCUT2D eigenvalue weighted by atomic mass is 10.00. The third kappa shape index (κ3) is 7.32. The van der Waals surface area contributed by atoms with Crippen molar-refractivity contribution in [2.24, 2.45) is 4.99 Å². The second kappa shape index (κ2) is 15.5. The molecule has 8 aromatic carbocycles. The van der Waals surface area contributed by atoms with Gasteiger partial charge in [-0.1, -0.05) is 158 Å².